The van der Waals surface area contributed by atoms with Crippen LogP contribution in [0, 0.1) is 20.8 Å². The van der Waals surface area contributed by atoms with Gasteiger partial charge in [0.25, 0.3) is 5.91 Å². The van der Waals surface area contributed by atoms with Crippen molar-refractivity contribution in [3.05, 3.63) is 63.7 Å². The lowest BCUT2D eigenvalue weighted by atomic mass is 9.96. The molecule has 0 heterocycles. The van der Waals surface area contributed by atoms with Gasteiger partial charge in [0.1, 0.15) is 17.7 Å². The van der Waals surface area contributed by atoms with Gasteiger partial charge in [-0.3, -0.25) is 9.59 Å². The lowest BCUT2D eigenvalue weighted by molar-refractivity contribution is -0.142. The standard InChI is InChI=1S/C29H40ClN3O4S/c1-9-20(5)33(27(35)23(16-38)31-28(36)37-29(6,7)8)25(21-14-13-17(2)19(4)15-21)26(34)32-24-18(3)11-10-12-22(24)30/h10-15,20,23,25,38H,9,16H2,1-8H3,(H,31,36)(H,32,34). The average molecular weight is 562 g/mol. The van der Waals surface area contributed by atoms with Gasteiger partial charge in [-0.15, -0.1) is 0 Å². The predicted octanol–water partition coefficient (Wildman–Crippen LogP) is 6.40. The van der Waals surface area contributed by atoms with Crippen molar-refractivity contribution in [2.24, 2.45) is 0 Å². The maximum Gasteiger partial charge on any atom is 0.408 e. The third-order valence-electron chi connectivity index (χ3n) is 6.34. The third kappa shape index (κ3) is 8.14. The number of amides is 3. The normalized spacial score (nSPS) is 13.7. The zero-order chi connectivity index (χ0) is 28.8. The van der Waals surface area contributed by atoms with Crippen LogP contribution in [0.25, 0.3) is 0 Å². The Morgan fingerprint density at radius 1 is 1.05 bits per heavy atom. The van der Waals surface area contributed by atoms with Crippen LogP contribution in [0.3, 0.4) is 0 Å². The molecular formula is C29H40ClN3O4S. The van der Waals surface area contributed by atoms with Gasteiger partial charge in [-0.05, 0) is 83.2 Å². The highest BCUT2D eigenvalue weighted by Gasteiger charge is 2.38. The lowest BCUT2D eigenvalue weighted by Crippen LogP contribution is -2.55. The second-order valence-electron chi connectivity index (χ2n) is 10.6. The molecule has 2 rings (SSSR count). The van der Waals surface area contributed by atoms with Gasteiger partial charge in [0, 0.05) is 11.8 Å². The Labute approximate surface area is 237 Å². The Hall–Kier alpha value is -2.71. The van der Waals surface area contributed by atoms with E-state index in [0.29, 0.717) is 22.7 Å². The second kappa shape index (κ2) is 13.4. The number of hydrogen-bond acceptors (Lipinski definition) is 5. The molecule has 208 valence electrons. The van der Waals surface area contributed by atoms with Gasteiger partial charge in [0.05, 0.1) is 10.7 Å². The number of benzene rings is 2. The molecule has 0 radical (unpaired) electrons. The van der Waals surface area contributed by atoms with Gasteiger partial charge in [-0.2, -0.15) is 12.6 Å². The van der Waals surface area contributed by atoms with Crippen LogP contribution >= 0.6 is 24.2 Å². The summed E-state index contributed by atoms with van der Waals surface area (Å²) in [5, 5.41) is 5.99. The molecule has 2 aromatic carbocycles. The highest BCUT2D eigenvalue weighted by Crippen LogP contribution is 2.31. The molecule has 2 aromatic rings. The fourth-order valence-electron chi connectivity index (χ4n) is 3.97. The summed E-state index contributed by atoms with van der Waals surface area (Å²) in [7, 11) is 0. The van der Waals surface area contributed by atoms with Gasteiger partial charge in [-0.25, -0.2) is 4.79 Å². The average Bonchev–Trinajstić information content (AvgIpc) is 2.83. The molecule has 9 heteroatoms. The summed E-state index contributed by atoms with van der Waals surface area (Å²) in [5.74, 6) is -0.821. The Kier molecular flexibility index (Phi) is 11.1. The molecule has 3 atom stereocenters. The fourth-order valence-corrected chi connectivity index (χ4v) is 4.48. The minimum absolute atomic E-state index is 0.0237. The number of nitrogens with one attached hydrogen (secondary N) is 2. The van der Waals surface area contributed by atoms with E-state index >= 15 is 0 Å². The van der Waals surface area contributed by atoms with E-state index in [1.54, 1.807) is 26.8 Å². The first-order valence-corrected chi connectivity index (χ1v) is 13.8. The van der Waals surface area contributed by atoms with Crippen LogP contribution in [0.2, 0.25) is 5.02 Å². The third-order valence-corrected chi connectivity index (χ3v) is 7.02. The molecule has 0 aliphatic rings. The number of aryl methyl sites for hydroxylation is 3. The highest BCUT2D eigenvalue weighted by atomic mass is 35.5. The topological polar surface area (TPSA) is 87.7 Å². The van der Waals surface area contributed by atoms with E-state index in [9.17, 15) is 14.4 Å². The summed E-state index contributed by atoms with van der Waals surface area (Å²) >= 11 is 10.8. The number of ether oxygens (including phenoxy) is 1. The minimum Gasteiger partial charge on any atom is -0.444 e. The van der Waals surface area contributed by atoms with Crippen LogP contribution < -0.4 is 10.6 Å². The fraction of sp³-hybridized carbons (Fsp3) is 0.483. The van der Waals surface area contributed by atoms with Gasteiger partial charge < -0.3 is 20.3 Å². The minimum atomic E-state index is -1.01. The van der Waals surface area contributed by atoms with Crippen LogP contribution in [0.5, 0.6) is 0 Å². The number of thiol groups is 1. The van der Waals surface area contributed by atoms with Crippen LogP contribution in [-0.4, -0.2) is 46.2 Å². The Bertz CT molecular complexity index is 1140. The Morgan fingerprint density at radius 3 is 2.24 bits per heavy atom. The molecule has 38 heavy (non-hydrogen) atoms. The van der Waals surface area contributed by atoms with Gasteiger partial charge >= 0.3 is 6.09 Å². The van der Waals surface area contributed by atoms with Crippen LogP contribution in [0.15, 0.2) is 36.4 Å². The summed E-state index contributed by atoms with van der Waals surface area (Å²) in [6.45, 7) is 14.8. The van der Waals surface area contributed by atoms with Crippen molar-refractivity contribution >= 4 is 47.8 Å². The SMILES string of the molecule is CCC(C)N(C(=O)C(CS)NC(=O)OC(C)(C)C)C(C(=O)Nc1c(C)cccc1Cl)c1ccc(C)c(C)c1. The molecule has 7 nitrogen and oxygen atoms in total. The molecule has 0 aliphatic carbocycles. The summed E-state index contributed by atoms with van der Waals surface area (Å²) in [6.07, 6.45) is -0.148. The number of carbonyl (C=O) groups excluding carboxylic acids is 3. The zero-order valence-corrected chi connectivity index (χ0v) is 25.2. The number of rotatable bonds is 9. The molecule has 0 aliphatic heterocycles. The molecular weight excluding hydrogens is 522 g/mol. The number of para-hydroxylation sites is 1. The molecule has 2 N–H and O–H groups in total. The van der Waals surface area contributed by atoms with E-state index in [4.69, 9.17) is 16.3 Å². The van der Waals surface area contributed by atoms with Crippen molar-refractivity contribution in [2.45, 2.75) is 85.5 Å². The molecule has 0 saturated carbocycles. The highest BCUT2D eigenvalue weighted by molar-refractivity contribution is 7.80. The second-order valence-corrected chi connectivity index (χ2v) is 11.3. The summed E-state index contributed by atoms with van der Waals surface area (Å²) < 4.78 is 5.36. The molecule has 3 unspecified atom stereocenters. The van der Waals surface area contributed by atoms with E-state index in [0.717, 1.165) is 16.7 Å². The first-order chi connectivity index (χ1) is 17.7. The number of carbonyl (C=O) groups is 3. The lowest BCUT2D eigenvalue weighted by Gasteiger charge is -2.38. The maximum absolute atomic E-state index is 14.0. The summed E-state index contributed by atoms with van der Waals surface area (Å²) in [4.78, 5) is 42.1. The number of anilines is 1. The van der Waals surface area contributed by atoms with E-state index < -0.39 is 35.6 Å². The molecule has 0 spiro atoms. The molecule has 0 bridgehead atoms. The first kappa shape index (κ1) is 31.5. The maximum atomic E-state index is 14.0. The molecule has 3 amide bonds. The van der Waals surface area contributed by atoms with Gasteiger partial charge in [0.15, 0.2) is 0 Å². The van der Waals surface area contributed by atoms with Crippen LogP contribution in [-0.2, 0) is 14.3 Å². The van der Waals surface area contributed by atoms with Crippen molar-refractivity contribution in [1.82, 2.24) is 10.2 Å². The smallest absolute Gasteiger partial charge is 0.408 e. The number of nitrogens with zero attached hydrogens (tertiary/aromatic N) is 1. The van der Waals surface area contributed by atoms with Crippen LogP contribution in [0.1, 0.15) is 69.3 Å². The van der Waals surface area contributed by atoms with Gasteiger partial charge in [-0.1, -0.05) is 48.9 Å². The summed E-state index contributed by atoms with van der Waals surface area (Å²) in [5.41, 5.74) is 3.26. The monoisotopic (exact) mass is 561 g/mol. The number of hydrogen-bond donors (Lipinski definition) is 3. The van der Waals surface area contributed by atoms with E-state index in [1.165, 1.54) is 4.90 Å². The Balaban J connectivity index is 2.59. The summed E-state index contributed by atoms with van der Waals surface area (Å²) in [6, 6.07) is 8.73. The molecule has 0 fully saturated rings. The van der Waals surface area contributed by atoms with Crippen LogP contribution in [0.4, 0.5) is 10.5 Å². The first-order valence-electron chi connectivity index (χ1n) is 12.8. The zero-order valence-electron chi connectivity index (χ0n) is 23.5. The Morgan fingerprint density at radius 2 is 1.71 bits per heavy atom. The molecule has 0 saturated heterocycles. The van der Waals surface area contributed by atoms with Crippen molar-refractivity contribution in [3.8, 4) is 0 Å². The number of halogens is 1. The van der Waals surface area contributed by atoms with E-state index in [2.05, 4.69) is 23.3 Å². The van der Waals surface area contributed by atoms with Crippen molar-refractivity contribution < 1.29 is 19.1 Å². The van der Waals surface area contributed by atoms with Gasteiger partial charge in [0.2, 0.25) is 5.91 Å². The van der Waals surface area contributed by atoms with E-state index in [-0.39, 0.29) is 11.8 Å². The van der Waals surface area contributed by atoms with Crippen molar-refractivity contribution in [2.75, 3.05) is 11.1 Å². The largest absolute Gasteiger partial charge is 0.444 e. The van der Waals surface area contributed by atoms with E-state index in [1.807, 2.05) is 65.0 Å². The number of alkyl carbamates (subject to hydrolysis) is 1. The predicted molar refractivity (Wildman–Crippen MR) is 157 cm³/mol. The quantitative estimate of drug-likeness (QED) is 0.309. The molecule has 0 aromatic heterocycles. The van der Waals surface area contributed by atoms with Crippen molar-refractivity contribution in [3.63, 3.8) is 0 Å². The van der Waals surface area contributed by atoms with Crippen molar-refractivity contribution in [1.29, 1.82) is 0 Å².